The van der Waals surface area contributed by atoms with Crippen LogP contribution < -0.4 is 34.7 Å². The van der Waals surface area contributed by atoms with Gasteiger partial charge in [-0.05, 0) is 19.8 Å². The minimum absolute atomic E-state index is 0. The van der Waals surface area contributed by atoms with Crippen LogP contribution in [0, 0.1) is 12.3 Å². The maximum absolute atomic E-state index is 11.1. The standard InChI is InChI=1S/C10H14O4.Na/c1-4-10(3,5-2)14-9(13)7-6-8(11)12;/h1H,5-7H2,2-3H3,(H,11,12);/q;+1/p-1. The van der Waals surface area contributed by atoms with Gasteiger partial charge in [0.2, 0.25) is 0 Å². The summed E-state index contributed by atoms with van der Waals surface area (Å²) < 4.78 is 4.92. The van der Waals surface area contributed by atoms with E-state index in [9.17, 15) is 14.7 Å². The summed E-state index contributed by atoms with van der Waals surface area (Å²) in [6.07, 6.45) is 5.10. The van der Waals surface area contributed by atoms with Crippen molar-refractivity contribution in [2.75, 3.05) is 0 Å². The van der Waals surface area contributed by atoms with Gasteiger partial charge in [-0.1, -0.05) is 12.8 Å². The number of carboxylic acids is 1. The van der Waals surface area contributed by atoms with Crippen molar-refractivity contribution < 1.29 is 49.0 Å². The molecule has 4 nitrogen and oxygen atoms in total. The topological polar surface area (TPSA) is 66.4 Å². The summed E-state index contributed by atoms with van der Waals surface area (Å²) in [5, 5.41) is 10.0. The van der Waals surface area contributed by atoms with Crippen LogP contribution in [-0.4, -0.2) is 17.5 Å². The molecule has 15 heavy (non-hydrogen) atoms. The van der Waals surface area contributed by atoms with Crippen molar-refractivity contribution in [3.8, 4) is 12.3 Å². The van der Waals surface area contributed by atoms with E-state index in [1.165, 1.54) is 0 Å². The number of hydrogen-bond donors (Lipinski definition) is 0. The summed E-state index contributed by atoms with van der Waals surface area (Å²) in [5.74, 6) is 0.449. The Morgan fingerprint density at radius 3 is 2.33 bits per heavy atom. The molecule has 1 atom stereocenters. The number of ether oxygens (including phenoxy) is 1. The maximum atomic E-state index is 11.1. The third kappa shape index (κ3) is 7.43. The van der Waals surface area contributed by atoms with Crippen molar-refractivity contribution in [2.45, 2.75) is 38.7 Å². The molecular weight excluding hydrogens is 207 g/mol. The van der Waals surface area contributed by atoms with E-state index < -0.39 is 17.5 Å². The van der Waals surface area contributed by atoms with Crippen LogP contribution in [0.2, 0.25) is 0 Å². The van der Waals surface area contributed by atoms with Gasteiger partial charge in [-0.25, -0.2) is 0 Å². The molecule has 0 fully saturated rings. The second-order valence-corrected chi connectivity index (χ2v) is 3.07. The zero-order valence-corrected chi connectivity index (χ0v) is 11.3. The minimum atomic E-state index is -1.28. The Hall–Kier alpha value is -0.500. The van der Waals surface area contributed by atoms with Gasteiger partial charge in [0, 0.05) is 5.97 Å². The number of carboxylic acid groups (broad SMARTS) is 1. The Labute approximate surface area is 112 Å². The first-order valence-corrected chi connectivity index (χ1v) is 4.33. The molecule has 0 radical (unpaired) electrons. The van der Waals surface area contributed by atoms with Gasteiger partial charge in [-0.3, -0.25) is 4.79 Å². The summed E-state index contributed by atoms with van der Waals surface area (Å²) in [6.45, 7) is 3.38. The Bertz CT molecular complexity index is 269. The summed E-state index contributed by atoms with van der Waals surface area (Å²) in [6, 6.07) is 0. The summed E-state index contributed by atoms with van der Waals surface area (Å²) in [5.41, 5.74) is -0.941. The van der Waals surface area contributed by atoms with E-state index in [1.54, 1.807) is 13.8 Å². The molecule has 78 valence electrons. The second-order valence-electron chi connectivity index (χ2n) is 3.07. The number of carbonyl (C=O) groups is 2. The summed E-state index contributed by atoms with van der Waals surface area (Å²) >= 11 is 0. The molecule has 0 amide bonds. The number of carbonyl (C=O) groups excluding carboxylic acids is 2. The van der Waals surface area contributed by atoms with Crippen molar-refractivity contribution in [2.24, 2.45) is 0 Å². The van der Waals surface area contributed by atoms with E-state index in [0.717, 1.165) is 0 Å². The van der Waals surface area contributed by atoms with Gasteiger partial charge in [-0.2, -0.15) is 0 Å². The first-order chi connectivity index (χ1) is 6.43. The Morgan fingerprint density at radius 2 is 2.00 bits per heavy atom. The molecule has 0 aliphatic heterocycles. The Morgan fingerprint density at radius 1 is 1.47 bits per heavy atom. The largest absolute Gasteiger partial charge is 1.00 e. The minimum Gasteiger partial charge on any atom is -0.550 e. The molecule has 0 aliphatic carbocycles. The van der Waals surface area contributed by atoms with Crippen LogP contribution in [0.4, 0.5) is 0 Å². The Balaban J connectivity index is 0. The quantitative estimate of drug-likeness (QED) is 0.279. The third-order valence-corrected chi connectivity index (χ3v) is 1.85. The molecule has 0 aromatic rings. The molecule has 0 bridgehead atoms. The molecule has 0 aromatic heterocycles. The number of esters is 1. The molecule has 5 heteroatoms. The van der Waals surface area contributed by atoms with Crippen molar-refractivity contribution in [1.29, 1.82) is 0 Å². The predicted molar refractivity (Wildman–Crippen MR) is 47.9 cm³/mol. The van der Waals surface area contributed by atoms with E-state index in [4.69, 9.17) is 11.2 Å². The van der Waals surface area contributed by atoms with Gasteiger partial charge < -0.3 is 14.6 Å². The molecule has 0 spiro atoms. The van der Waals surface area contributed by atoms with Crippen LogP contribution in [0.15, 0.2) is 0 Å². The van der Waals surface area contributed by atoms with Crippen LogP contribution >= 0.6 is 0 Å². The van der Waals surface area contributed by atoms with E-state index in [1.807, 2.05) is 0 Å². The van der Waals surface area contributed by atoms with Gasteiger partial charge in [-0.15, -0.1) is 6.42 Å². The van der Waals surface area contributed by atoms with Gasteiger partial charge in [0.05, 0.1) is 6.42 Å². The van der Waals surface area contributed by atoms with E-state index in [-0.39, 0.29) is 42.4 Å². The van der Waals surface area contributed by atoms with E-state index in [0.29, 0.717) is 6.42 Å². The molecule has 0 aliphatic rings. The molecule has 0 rings (SSSR count). The average molecular weight is 220 g/mol. The van der Waals surface area contributed by atoms with Gasteiger partial charge in [0.15, 0.2) is 5.60 Å². The second kappa shape index (κ2) is 7.75. The molecule has 0 aromatic carbocycles. The van der Waals surface area contributed by atoms with E-state index in [2.05, 4.69) is 5.92 Å². The van der Waals surface area contributed by atoms with Crippen LogP contribution in [0.1, 0.15) is 33.1 Å². The van der Waals surface area contributed by atoms with Crippen LogP contribution in [0.25, 0.3) is 0 Å². The number of hydrogen-bond acceptors (Lipinski definition) is 4. The number of rotatable bonds is 5. The van der Waals surface area contributed by atoms with Crippen molar-refractivity contribution >= 4 is 11.9 Å². The normalized spacial score (nSPS) is 12.9. The van der Waals surface area contributed by atoms with Crippen LogP contribution in [-0.2, 0) is 14.3 Å². The molecule has 0 saturated heterocycles. The summed E-state index contributed by atoms with van der Waals surface area (Å²) in [4.78, 5) is 21.1. The smallest absolute Gasteiger partial charge is 0.550 e. The molecule has 0 saturated carbocycles. The first kappa shape index (κ1) is 16.9. The van der Waals surface area contributed by atoms with E-state index >= 15 is 0 Å². The van der Waals surface area contributed by atoms with Gasteiger partial charge in [0.25, 0.3) is 0 Å². The van der Waals surface area contributed by atoms with Crippen LogP contribution in [0.5, 0.6) is 0 Å². The SMILES string of the molecule is C#CC(C)(CC)OC(=O)CCC(=O)[O-].[Na+]. The predicted octanol–water partition coefficient (Wildman–Crippen LogP) is -3.13. The zero-order chi connectivity index (χ0) is 11.2. The van der Waals surface area contributed by atoms with Gasteiger partial charge in [0.1, 0.15) is 0 Å². The fourth-order valence-electron chi connectivity index (χ4n) is 0.710. The summed E-state index contributed by atoms with van der Waals surface area (Å²) in [7, 11) is 0. The first-order valence-electron chi connectivity index (χ1n) is 4.33. The van der Waals surface area contributed by atoms with Crippen molar-refractivity contribution in [3.05, 3.63) is 0 Å². The fourth-order valence-corrected chi connectivity index (χ4v) is 0.710. The molecular formula is C10H13NaO4. The molecule has 0 N–H and O–H groups in total. The van der Waals surface area contributed by atoms with Crippen molar-refractivity contribution in [1.82, 2.24) is 0 Å². The van der Waals surface area contributed by atoms with Gasteiger partial charge >= 0.3 is 35.5 Å². The van der Waals surface area contributed by atoms with Crippen LogP contribution in [0.3, 0.4) is 0 Å². The molecule has 1 unspecified atom stereocenters. The zero-order valence-electron chi connectivity index (χ0n) is 9.33. The third-order valence-electron chi connectivity index (χ3n) is 1.85. The number of aliphatic carboxylic acids is 1. The molecule has 0 heterocycles. The number of terminal acetylenes is 1. The average Bonchev–Trinajstić information content (AvgIpc) is 2.14. The Kier molecular flexibility index (Phi) is 8.74. The van der Waals surface area contributed by atoms with Crippen molar-refractivity contribution in [3.63, 3.8) is 0 Å². The fraction of sp³-hybridized carbons (Fsp3) is 0.600. The monoisotopic (exact) mass is 220 g/mol. The maximum Gasteiger partial charge on any atom is 1.00 e.